The number of nitrogens with one attached hydrogen (secondary N) is 1. The molecule has 1 aliphatic carbocycles. The van der Waals surface area contributed by atoms with Crippen LogP contribution in [-0.2, 0) is 0 Å². The summed E-state index contributed by atoms with van der Waals surface area (Å²) in [5.41, 5.74) is 1.04. The summed E-state index contributed by atoms with van der Waals surface area (Å²) in [6.07, 6.45) is 5.54. The molecule has 1 atom stereocenters. The Labute approximate surface area is 156 Å². The Morgan fingerprint density at radius 1 is 1.08 bits per heavy atom. The van der Waals surface area contributed by atoms with Crippen LogP contribution in [0.5, 0.6) is 0 Å². The van der Waals surface area contributed by atoms with Crippen LogP contribution in [0.15, 0.2) is 24.3 Å². The van der Waals surface area contributed by atoms with Gasteiger partial charge in [0.2, 0.25) is 5.95 Å². The van der Waals surface area contributed by atoms with Crippen LogP contribution >= 0.6 is 0 Å². The maximum Gasteiger partial charge on any atom is 0.225 e. The summed E-state index contributed by atoms with van der Waals surface area (Å²) < 4.78 is 0. The van der Waals surface area contributed by atoms with Crippen molar-refractivity contribution in [2.75, 3.05) is 43.9 Å². The number of nitrogens with zero attached hydrogens (tertiary/aromatic N) is 4. The monoisotopic (exact) mass is 353 g/mol. The molecule has 1 aromatic carbocycles. The maximum atomic E-state index is 4.98. The lowest BCUT2D eigenvalue weighted by Gasteiger charge is -2.26. The Kier molecular flexibility index (Phi) is 4.98. The Hall–Kier alpha value is -1.88. The fraction of sp³-hybridized carbons (Fsp3) is 0.619. The first-order valence-corrected chi connectivity index (χ1v) is 10.0. The number of anilines is 2. The zero-order valence-electron chi connectivity index (χ0n) is 16.3. The van der Waals surface area contributed by atoms with Crippen molar-refractivity contribution in [3.8, 4) is 0 Å². The van der Waals surface area contributed by atoms with Gasteiger partial charge in [0.15, 0.2) is 0 Å². The highest BCUT2D eigenvalue weighted by atomic mass is 15.2. The van der Waals surface area contributed by atoms with Gasteiger partial charge in [-0.2, -0.15) is 4.98 Å². The van der Waals surface area contributed by atoms with Crippen LogP contribution in [0.1, 0.15) is 32.6 Å². The Morgan fingerprint density at radius 3 is 2.38 bits per heavy atom. The van der Waals surface area contributed by atoms with Gasteiger partial charge in [-0.3, -0.25) is 0 Å². The normalized spacial score (nSPS) is 24.1. The topological polar surface area (TPSA) is 44.3 Å². The van der Waals surface area contributed by atoms with Crippen molar-refractivity contribution in [2.45, 2.75) is 38.6 Å². The second-order valence-electron chi connectivity index (χ2n) is 8.37. The fourth-order valence-corrected chi connectivity index (χ4v) is 4.27. The summed E-state index contributed by atoms with van der Waals surface area (Å²) in [4.78, 5) is 14.5. The Morgan fingerprint density at radius 2 is 1.73 bits per heavy atom. The van der Waals surface area contributed by atoms with Gasteiger partial charge in [0, 0.05) is 31.1 Å². The van der Waals surface area contributed by atoms with E-state index in [-0.39, 0.29) is 0 Å². The Balaban J connectivity index is 1.66. The van der Waals surface area contributed by atoms with E-state index in [0.717, 1.165) is 48.8 Å². The van der Waals surface area contributed by atoms with E-state index in [1.165, 1.54) is 31.1 Å². The van der Waals surface area contributed by atoms with Crippen LogP contribution in [0.2, 0.25) is 0 Å². The molecular formula is C21H31N5. The first kappa shape index (κ1) is 17.5. The van der Waals surface area contributed by atoms with Crippen LogP contribution in [0.25, 0.3) is 10.9 Å². The summed E-state index contributed by atoms with van der Waals surface area (Å²) in [5, 5.41) is 4.64. The van der Waals surface area contributed by atoms with Gasteiger partial charge in [-0.25, -0.2) is 4.98 Å². The molecule has 2 aliphatic heterocycles. The Bertz CT molecular complexity index is 737. The van der Waals surface area contributed by atoms with E-state index < -0.39 is 0 Å². The third kappa shape index (κ3) is 3.63. The summed E-state index contributed by atoms with van der Waals surface area (Å²) in [6.45, 7) is 5.34. The second kappa shape index (κ2) is 7.39. The molecule has 1 N–H and O–H groups in total. The molecule has 0 radical (unpaired) electrons. The van der Waals surface area contributed by atoms with E-state index in [9.17, 15) is 0 Å². The minimum Gasteiger partial charge on any atom is -0.355 e. The lowest BCUT2D eigenvalue weighted by Crippen LogP contribution is -2.32. The van der Waals surface area contributed by atoms with E-state index in [0.29, 0.717) is 6.04 Å². The van der Waals surface area contributed by atoms with Gasteiger partial charge in [0.25, 0.3) is 0 Å². The number of hydrogen-bond donors (Lipinski definition) is 1. The standard InChI is InChI=1S/C21H31N5/c1-15(25(2)3)12-22-21-23-19-7-5-4-6-18(19)20(24-21)26-13-16-8-9-17(14-26)11-10-16/h4-7,15-17H,8-14H2,1-3H3,(H,22,23,24). The highest BCUT2D eigenvalue weighted by Crippen LogP contribution is 2.37. The zero-order valence-corrected chi connectivity index (χ0v) is 16.3. The van der Waals surface area contributed by atoms with Crippen molar-refractivity contribution in [3.05, 3.63) is 24.3 Å². The third-order valence-corrected chi connectivity index (χ3v) is 6.24. The smallest absolute Gasteiger partial charge is 0.225 e. The number of para-hydroxylation sites is 1. The fourth-order valence-electron chi connectivity index (χ4n) is 4.27. The molecule has 140 valence electrons. The van der Waals surface area contributed by atoms with Crippen molar-refractivity contribution in [1.29, 1.82) is 0 Å². The number of fused-ring (bicyclic) bond motifs is 5. The van der Waals surface area contributed by atoms with Gasteiger partial charge in [0.05, 0.1) is 5.52 Å². The summed E-state index contributed by atoms with van der Waals surface area (Å²) in [6, 6.07) is 8.87. The van der Waals surface area contributed by atoms with E-state index in [1.807, 2.05) is 0 Å². The number of benzene rings is 1. The molecule has 1 saturated carbocycles. The average molecular weight is 354 g/mol. The first-order chi connectivity index (χ1) is 12.6. The van der Waals surface area contributed by atoms with Gasteiger partial charge in [-0.05, 0) is 70.7 Å². The highest BCUT2D eigenvalue weighted by Gasteiger charge is 2.30. The molecule has 2 saturated heterocycles. The van der Waals surface area contributed by atoms with E-state index in [1.54, 1.807) is 0 Å². The average Bonchev–Trinajstić information content (AvgIpc) is 2.99. The minimum atomic E-state index is 0.433. The molecule has 1 aromatic heterocycles. The SMILES string of the molecule is CC(CNc1nc(N2CC3CCC(CC3)C2)c2ccccc2n1)N(C)C. The maximum absolute atomic E-state index is 4.98. The van der Waals surface area contributed by atoms with Crippen LogP contribution in [0.3, 0.4) is 0 Å². The van der Waals surface area contributed by atoms with Crippen LogP contribution < -0.4 is 10.2 Å². The molecule has 3 aliphatic rings. The number of likely N-dealkylation sites (N-methyl/N-ethyl adjacent to an activating group) is 1. The predicted octanol–water partition coefficient (Wildman–Crippen LogP) is 3.62. The van der Waals surface area contributed by atoms with E-state index in [2.05, 4.69) is 60.4 Å². The lowest BCUT2D eigenvalue weighted by atomic mass is 9.84. The lowest BCUT2D eigenvalue weighted by molar-refractivity contribution is 0.326. The summed E-state index contributed by atoms with van der Waals surface area (Å²) in [7, 11) is 4.21. The van der Waals surface area contributed by atoms with Gasteiger partial charge >= 0.3 is 0 Å². The molecule has 1 unspecified atom stereocenters. The quantitative estimate of drug-likeness (QED) is 0.889. The molecule has 3 fully saturated rings. The molecule has 0 spiro atoms. The number of aromatic nitrogens is 2. The summed E-state index contributed by atoms with van der Waals surface area (Å²) in [5.74, 6) is 3.53. The summed E-state index contributed by atoms with van der Waals surface area (Å²) >= 11 is 0. The molecule has 26 heavy (non-hydrogen) atoms. The molecule has 2 bridgehead atoms. The van der Waals surface area contributed by atoms with Crippen molar-refractivity contribution in [1.82, 2.24) is 14.9 Å². The molecule has 5 rings (SSSR count). The molecule has 5 heteroatoms. The van der Waals surface area contributed by atoms with Crippen LogP contribution in [-0.4, -0.2) is 54.6 Å². The number of rotatable bonds is 5. The zero-order chi connectivity index (χ0) is 18.1. The molecular weight excluding hydrogens is 322 g/mol. The molecule has 3 heterocycles. The van der Waals surface area contributed by atoms with E-state index in [4.69, 9.17) is 9.97 Å². The first-order valence-electron chi connectivity index (χ1n) is 10.0. The van der Waals surface area contributed by atoms with Crippen molar-refractivity contribution in [2.24, 2.45) is 11.8 Å². The van der Waals surface area contributed by atoms with Crippen molar-refractivity contribution in [3.63, 3.8) is 0 Å². The molecule has 0 amide bonds. The molecule has 5 nitrogen and oxygen atoms in total. The largest absolute Gasteiger partial charge is 0.355 e. The van der Waals surface area contributed by atoms with Gasteiger partial charge in [0.1, 0.15) is 5.82 Å². The number of hydrogen-bond acceptors (Lipinski definition) is 5. The second-order valence-corrected chi connectivity index (χ2v) is 8.37. The highest BCUT2D eigenvalue weighted by molar-refractivity contribution is 5.90. The minimum absolute atomic E-state index is 0.433. The van der Waals surface area contributed by atoms with Gasteiger partial charge in [-0.1, -0.05) is 12.1 Å². The van der Waals surface area contributed by atoms with Crippen molar-refractivity contribution < 1.29 is 0 Å². The van der Waals surface area contributed by atoms with Gasteiger partial charge in [-0.15, -0.1) is 0 Å². The third-order valence-electron chi connectivity index (χ3n) is 6.24. The van der Waals surface area contributed by atoms with Crippen LogP contribution in [0.4, 0.5) is 11.8 Å². The van der Waals surface area contributed by atoms with Gasteiger partial charge < -0.3 is 15.1 Å². The van der Waals surface area contributed by atoms with Crippen molar-refractivity contribution >= 4 is 22.7 Å². The molecule has 2 aromatic rings. The van der Waals surface area contributed by atoms with E-state index >= 15 is 0 Å². The predicted molar refractivity (Wildman–Crippen MR) is 109 cm³/mol. The van der Waals surface area contributed by atoms with Crippen LogP contribution in [0, 0.1) is 11.8 Å².